The topological polar surface area (TPSA) is 68.3 Å². The molecule has 0 bridgehead atoms. The van der Waals surface area contributed by atoms with E-state index in [0.29, 0.717) is 11.7 Å². The van der Waals surface area contributed by atoms with Crippen molar-refractivity contribution in [3.8, 4) is 0 Å². The standard InChI is InChI=1S/C14H18N2O3S/c1-2-19-12(17)8-11-9-15-14(20-11)16-13(18)10-6-4-3-5-7-10/h4,6,9-10H,2-3,5,7-8H2,1H3,(H,15,16,18). The van der Waals surface area contributed by atoms with E-state index in [0.717, 1.165) is 24.1 Å². The molecule has 1 N–H and O–H groups in total. The van der Waals surface area contributed by atoms with Crippen LogP contribution >= 0.6 is 11.3 Å². The van der Waals surface area contributed by atoms with E-state index in [4.69, 9.17) is 4.74 Å². The molecule has 0 radical (unpaired) electrons. The maximum atomic E-state index is 12.0. The molecule has 0 saturated carbocycles. The maximum Gasteiger partial charge on any atom is 0.311 e. The Morgan fingerprint density at radius 1 is 1.55 bits per heavy atom. The minimum atomic E-state index is -0.274. The van der Waals surface area contributed by atoms with E-state index in [9.17, 15) is 9.59 Å². The summed E-state index contributed by atoms with van der Waals surface area (Å²) in [5.74, 6) is -0.372. The number of esters is 1. The predicted octanol–water partition coefficient (Wildman–Crippen LogP) is 2.54. The van der Waals surface area contributed by atoms with Crippen molar-refractivity contribution >= 4 is 28.3 Å². The first-order chi connectivity index (χ1) is 9.69. The number of rotatable bonds is 5. The van der Waals surface area contributed by atoms with Gasteiger partial charge in [0.05, 0.1) is 18.9 Å². The smallest absolute Gasteiger partial charge is 0.311 e. The van der Waals surface area contributed by atoms with Gasteiger partial charge >= 0.3 is 5.97 Å². The fourth-order valence-corrected chi connectivity index (χ4v) is 2.83. The number of thiazole rings is 1. The van der Waals surface area contributed by atoms with Gasteiger partial charge in [-0.15, -0.1) is 11.3 Å². The van der Waals surface area contributed by atoms with Gasteiger partial charge < -0.3 is 10.1 Å². The number of carbonyl (C=O) groups excluding carboxylic acids is 2. The molecule has 20 heavy (non-hydrogen) atoms. The van der Waals surface area contributed by atoms with Gasteiger partial charge in [0.15, 0.2) is 5.13 Å². The molecule has 1 heterocycles. The molecule has 5 nitrogen and oxygen atoms in total. The van der Waals surface area contributed by atoms with Crippen LogP contribution in [0.2, 0.25) is 0 Å². The number of allylic oxidation sites excluding steroid dienone is 1. The van der Waals surface area contributed by atoms with E-state index in [2.05, 4.69) is 10.3 Å². The molecule has 1 unspecified atom stereocenters. The molecular weight excluding hydrogens is 276 g/mol. The average molecular weight is 294 g/mol. The third-order valence-electron chi connectivity index (χ3n) is 3.00. The van der Waals surface area contributed by atoms with Gasteiger partial charge in [0.1, 0.15) is 0 Å². The molecule has 1 aliphatic rings. The molecule has 6 heteroatoms. The zero-order valence-corrected chi connectivity index (χ0v) is 12.2. The number of hydrogen-bond donors (Lipinski definition) is 1. The van der Waals surface area contributed by atoms with Gasteiger partial charge in [-0.2, -0.15) is 0 Å². The number of hydrogen-bond acceptors (Lipinski definition) is 5. The van der Waals surface area contributed by atoms with Gasteiger partial charge in [-0.25, -0.2) is 4.98 Å². The van der Waals surface area contributed by atoms with Gasteiger partial charge in [0.25, 0.3) is 0 Å². The Morgan fingerprint density at radius 3 is 3.10 bits per heavy atom. The van der Waals surface area contributed by atoms with Crippen LogP contribution in [0.4, 0.5) is 5.13 Å². The molecule has 2 rings (SSSR count). The summed E-state index contributed by atoms with van der Waals surface area (Å²) < 4.78 is 4.87. The van der Waals surface area contributed by atoms with Crippen LogP contribution in [-0.4, -0.2) is 23.5 Å². The van der Waals surface area contributed by atoms with E-state index >= 15 is 0 Å². The number of nitrogens with zero attached hydrogens (tertiary/aromatic N) is 1. The second-order valence-corrected chi connectivity index (χ2v) is 5.68. The summed E-state index contributed by atoms with van der Waals surface area (Å²) in [4.78, 5) is 28.3. The minimum absolute atomic E-state index is 0.0296. The first-order valence-electron chi connectivity index (χ1n) is 6.77. The van der Waals surface area contributed by atoms with Crippen molar-refractivity contribution in [2.75, 3.05) is 11.9 Å². The zero-order chi connectivity index (χ0) is 14.4. The number of carbonyl (C=O) groups is 2. The highest BCUT2D eigenvalue weighted by molar-refractivity contribution is 7.15. The first-order valence-corrected chi connectivity index (χ1v) is 7.58. The number of aromatic nitrogens is 1. The van der Waals surface area contributed by atoms with Crippen LogP contribution in [0.5, 0.6) is 0 Å². The second-order valence-electron chi connectivity index (χ2n) is 4.57. The van der Waals surface area contributed by atoms with Gasteiger partial charge in [0, 0.05) is 11.1 Å². The molecule has 1 amide bonds. The van der Waals surface area contributed by atoms with Gasteiger partial charge in [-0.1, -0.05) is 12.2 Å². The molecule has 0 aliphatic heterocycles. The van der Waals surface area contributed by atoms with Crippen molar-refractivity contribution in [1.82, 2.24) is 4.98 Å². The second kappa shape index (κ2) is 7.19. The van der Waals surface area contributed by atoms with Crippen LogP contribution in [0, 0.1) is 5.92 Å². The van der Waals surface area contributed by atoms with Crippen molar-refractivity contribution in [3.05, 3.63) is 23.2 Å². The molecule has 0 saturated heterocycles. The van der Waals surface area contributed by atoms with E-state index in [1.807, 2.05) is 12.2 Å². The zero-order valence-electron chi connectivity index (χ0n) is 11.4. The Hall–Kier alpha value is -1.69. The summed E-state index contributed by atoms with van der Waals surface area (Å²) in [7, 11) is 0. The van der Waals surface area contributed by atoms with E-state index in [1.54, 1.807) is 13.1 Å². The molecule has 0 fully saturated rings. The molecular formula is C14H18N2O3S. The number of ether oxygens (including phenoxy) is 1. The summed E-state index contributed by atoms with van der Waals surface area (Å²) in [6.45, 7) is 2.14. The lowest BCUT2D eigenvalue weighted by Gasteiger charge is -2.14. The van der Waals surface area contributed by atoms with Crippen LogP contribution in [-0.2, 0) is 20.7 Å². The van der Waals surface area contributed by atoms with Gasteiger partial charge in [0.2, 0.25) is 5.91 Å². The fraction of sp³-hybridized carbons (Fsp3) is 0.500. The molecule has 1 atom stereocenters. The van der Waals surface area contributed by atoms with Crippen molar-refractivity contribution in [2.45, 2.75) is 32.6 Å². The fourth-order valence-electron chi connectivity index (χ4n) is 2.03. The Bertz CT molecular complexity index is 510. The number of amides is 1. The largest absolute Gasteiger partial charge is 0.466 e. The average Bonchev–Trinajstić information content (AvgIpc) is 2.87. The summed E-state index contributed by atoms with van der Waals surface area (Å²) in [6, 6.07) is 0. The Morgan fingerprint density at radius 2 is 2.40 bits per heavy atom. The SMILES string of the molecule is CCOC(=O)Cc1cnc(NC(=O)C2C=CCCC2)s1. The van der Waals surface area contributed by atoms with Crippen LogP contribution < -0.4 is 5.32 Å². The monoisotopic (exact) mass is 294 g/mol. The summed E-state index contributed by atoms with van der Waals surface area (Å²) in [6.07, 6.45) is 8.76. The number of nitrogens with one attached hydrogen (secondary N) is 1. The highest BCUT2D eigenvalue weighted by Crippen LogP contribution is 2.22. The maximum absolute atomic E-state index is 12.0. The van der Waals surface area contributed by atoms with Crippen LogP contribution in [0.3, 0.4) is 0 Å². The lowest BCUT2D eigenvalue weighted by atomic mass is 9.95. The quantitative estimate of drug-likeness (QED) is 0.669. The number of anilines is 1. The lowest BCUT2D eigenvalue weighted by Crippen LogP contribution is -2.22. The Labute approximate surface area is 122 Å². The van der Waals surface area contributed by atoms with Crippen molar-refractivity contribution in [3.63, 3.8) is 0 Å². The molecule has 0 aromatic carbocycles. The summed E-state index contributed by atoms with van der Waals surface area (Å²) >= 11 is 1.31. The van der Waals surface area contributed by atoms with Crippen molar-refractivity contribution < 1.29 is 14.3 Å². The highest BCUT2D eigenvalue weighted by Gasteiger charge is 2.18. The minimum Gasteiger partial charge on any atom is -0.466 e. The van der Waals surface area contributed by atoms with E-state index in [-0.39, 0.29) is 24.2 Å². The molecule has 0 spiro atoms. The third kappa shape index (κ3) is 4.16. The molecule has 1 aromatic rings. The van der Waals surface area contributed by atoms with Crippen LogP contribution in [0.25, 0.3) is 0 Å². The van der Waals surface area contributed by atoms with E-state index in [1.165, 1.54) is 11.3 Å². The predicted molar refractivity (Wildman–Crippen MR) is 77.6 cm³/mol. The van der Waals surface area contributed by atoms with Gasteiger partial charge in [-0.3, -0.25) is 9.59 Å². The highest BCUT2D eigenvalue weighted by atomic mass is 32.1. The summed E-state index contributed by atoms with van der Waals surface area (Å²) in [5, 5.41) is 3.34. The van der Waals surface area contributed by atoms with Crippen molar-refractivity contribution in [1.29, 1.82) is 0 Å². The van der Waals surface area contributed by atoms with Crippen LogP contribution in [0.1, 0.15) is 31.1 Å². The van der Waals surface area contributed by atoms with Crippen molar-refractivity contribution in [2.24, 2.45) is 5.92 Å². The summed E-state index contributed by atoms with van der Waals surface area (Å²) in [5.41, 5.74) is 0. The normalized spacial score (nSPS) is 17.8. The van der Waals surface area contributed by atoms with Crippen LogP contribution in [0.15, 0.2) is 18.3 Å². The van der Waals surface area contributed by atoms with Gasteiger partial charge in [-0.05, 0) is 26.2 Å². The molecule has 108 valence electrons. The Kier molecular flexibility index (Phi) is 5.29. The third-order valence-corrected chi connectivity index (χ3v) is 3.91. The Balaban J connectivity index is 1.88. The lowest BCUT2D eigenvalue weighted by molar-refractivity contribution is -0.142. The molecule has 1 aromatic heterocycles. The van der Waals surface area contributed by atoms with E-state index < -0.39 is 0 Å². The first kappa shape index (κ1) is 14.7. The molecule has 1 aliphatic carbocycles.